The summed E-state index contributed by atoms with van der Waals surface area (Å²) in [5.41, 5.74) is 3.21. The molecule has 1 aliphatic carbocycles. The number of aryl methyl sites for hydroxylation is 2. The van der Waals surface area contributed by atoms with Gasteiger partial charge in [0.15, 0.2) is 11.9 Å². The topological polar surface area (TPSA) is 20.9 Å². The minimum absolute atomic E-state index is 0.0838. The van der Waals surface area contributed by atoms with Gasteiger partial charge in [0.1, 0.15) is 0 Å². The molecule has 1 unspecified atom stereocenters. The van der Waals surface area contributed by atoms with Crippen molar-refractivity contribution in [1.29, 1.82) is 0 Å². The SMILES string of the molecule is Cc1cc2ccccc2c[n+]1C1CCc2ccccc2C1=O. The Hall–Kier alpha value is -2.48. The zero-order valence-electron chi connectivity index (χ0n) is 12.6. The van der Waals surface area contributed by atoms with Crippen LogP contribution in [0.25, 0.3) is 10.8 Å². The molecular weight excluding hydrogens is 270 g/mol. The molecule has 0 saturated carbocycles. The molecule has 0 N–H and O–H groups in total. The van der Waals surface area contributed by atoms with Gasteiger partial charge in [0.2, 0.25) is 11.8 Å². The molecule has 3 aromatic rings. The zero-order chi connectivity index (χ0) is 15.1. The van der Waals surface area contributed by atoms with E-state index in [1.807, 2.05) is 30.3 Å². The highest BCUT2D eigenvalue weighted by atomic mass is 16.1. The maximum atomic E-state index is 12.9. The van der Waals surface area contributed by atoms with Gasteiger partial charge in [0, 0.05) is 30.4 Å². The third-order valence-electron chi connectivity index (χ3n) is 4.65. The van der Waals surface area contributed by atoms with Crippen LogP contribution in [-0.4, -0.2) is 5.78 Å². The predicted octanol–water partition coefficient (Wildman–Crippen LogP) is 3.81. The van der Waals surface area contributed by atoms with Gasteiger partial charge in [-0.25, -0.2) is 0 Å². The van der Waals surface area contributed by atoms with Crippen molar-refractivity contribution in [1.82, 2.24) is 0 Å². The Kier molecular flexibility index (Phi) is 3.04. The van der Waals surface area contributed by atoms with E-state index in [-0.39, 0.29) is 11.8 Å². The molecule has 1 heterocycles. The van der Waals surface area contributed by atoms with E-state index in [4.69, 9.17) is 0 Å². The number of aromatic nitrogens is 1. The standard InChI is InChI=1S/C20H18NO/c1-14-12-16-7-2-3-8-17(16)13-21(14)19-11-10-15-6-4-5-9-18(15)20(19)22/h2-9,12-13,19H,10-11H2,1H3/q+1. The number of hydrogen-bond donors (Lipinski definition) is 0. The van der Waals surface area contributed by atoms with Gasteiger partial charge in [-0.1, -0.05) is 42.5 Å². The molecule has 0 spiro atoms. The van der Waals surface area contributed by atoms with E-state index in [9.17, 15) is 4.79 Å². The Morgan fingerprint density at radius 3 is 2.59 bits per heavy atom. The van der Waals surface area contributed by atoms with Crippen molar-refractivity contribution in [3.63, 3.8) is 0 Å². The van der Waals surface area contributed by atoms with Crippen molar-refractivity contribution in [3.8, 4) is 0 Å². The summed E-state index contributed by atoms with van der Waals surface area (Å²) >= 11 is 0. The highest BCUT2D eigenvalue weighted by Gasteiger charge is 2.35. The van der Waals surface area contributed by atoms with Crippen LogP contribution in [0.3, 0.4) is 0 Å². The van der Waals surface area contributed by atoms with E-state index in [2.05, 4.69) is 42.0 Å². The van der Waals surface area contributed by atoms with Crippen LogP contribution in [0.1, 0.15) is 34.1 Å². The third-order valence-corrected chi connectivity index (χ3v) is 4.65. The number of pyridine rings is 1. The van der Waals surface area contributed by atoms with E-state index in [1.165, 1.54) is 16.3 Å². The summed E-state index contributed by atoms with van der Waals surface area (Å²) in [7, 11) is 0. The van der Waals surface area contributed by atoms with Crippen molar-refractivity contribution >= 4 is 16.6 Å². The van der Waals surface area contributed by atoms with Gasteiger partial charge in [-0.2, -0.15) is 4.57 Å². The largest absolute Gasteiger partial charge is 0.287 e. The predicted molar refractivity (Wildman–Crippen MR) is 87.0 cm³/mol. The first-order valence-corrected chi connectivity index (χ1v) is 7.77. The first kappa shape index (κ1) is 13.2. The molecule has 0 saturated heterocycles. The Morgan fingerprint density at radius 1 is 1.00 bits per heavy atom. The average molecular weight is 288 g/mol. The normalized spacial score (nSPS) is 17.5. The van der Waals surface area contributed by atoms with E-state index in [0.29, 0.717) is 0 Å². The van der Waals surface area contributed by atoms with Crippen LogP contribution in [0.5, 0.6) is 0 Å². The highest BCUT2D eigenvalue weighted by molar-refractivity contribution is 6.00. The number of Topliss-reactive ketones (excluding diaryl/α,β-unsaturated/α-hetero) is 1. The second kappa shape index (κ2) is 5.06. The third kappa shape index (κ3) is 2.03. The minimum Gasteiger partial charge on any atom is -0.287 e. The lowest BCUT2D eigenvalue weighted by molar-refractivity contribution is -0.713. The van der Waals surface area contributed by atoms with Crippen molar-refractivity contribution < 1.29 is 9.36 Å². The van der Waals surface area contributed by atoms with Crippen LogP contribution in [0.4, 0.5) is 0 Å². The van der Waals surface area contributed by atoms with Crippen LogP contribution in [0, 0.1) is 6.92 Å². The highest BCUT2D eigenvalue weighted by Crippen LogP contribution is 2.26. The van der Waals surface area contributed by atoms with Crippen LogP contribution in [0.15, 0.2) is 60.8 Å². The molecule has 2 nitrogen and oxygen atoms in total. The molecule has 0 bridgehead atoms. The summed E-state index contributed by atoms with van der Waals surface area (Å²) in [6.07, 6.45) is 3.96. The van der Waals surface area contributed by atoms with Crippen molar-refractivity contribution in [2.75, 3.05) is 0 Å². The minimum atomic E-state index is -0.0838. The summed E-state index contributed by atoms with van der Waals surface area (Å²) in [4.78, 5) is 12.9. The first-order chi connectivity index (χ1) is 10.7. The molecule has 108 valence electrons. The van der Waals surface area contributed by atoms with Gasteiger partial charge < -0.3 is 0 Å². The number of fused-ring (bicyclic) bond motifs is 2. The number of carbonyl (C=O) groups excluding carboxylic acids is 1. The molecule has 22 heavy (non-hydrogen) atoms. The fourth-order valence-electron chi connectivity index (χ4n) is 3.49. The maximum absolute atomic E-state index is 12.9. The lowest BCUT2D eigenvalue weighted by atomic mass is 9.86. The zero-order valence-corrected chi connectivity index (χ0v) is 12.6. The van der Waals surface area contributed by atoms with E-state index < -0.39 is 0 Å². The second-order valence-electron chi connectivity index (χ2n) is 6.03. The second-order valence-corrected chi connectivity index (χ2v) is 6.03. The van der Waals surface area contributed by atoms with Crippen molar-refractivity contribution in [2.45, 2.75) is 25.8 Å². The molecule has 2 heteroatoms. The first-order valence-electron chi connectivity index (χ1n) is 7.77. The monoisotopic (exact) mass is 288 g/mol. The summed E-state index contributed by atoms with van der Waals surface area (Å²) < 4.78 is 2.15. The summed E-state index contributed by atoms with van der Waals surface area (Å²) in [5.74, 6) is 0.241. The molecule has 1 aliphatic rings. The Bertz CT molecular complexity index is 882. The Labute approximate surface area is 130 Å². The summed E-state index contributed by atoms with van der Waals surface area (Å²) in [6.45, 7) is 2.08. The molecule has 0 fully saturated rings. The molecule has 2 aromatic carbocycles. The van der Waals surface area contributed by atoms with Gasteiger partial charge in [0.25, 0.3) is 0 Å². The smallest absolute Gasteiger partial charge is 0.230 e. The van der Waals surface area contributed by atoms with E-state index in [1.54, 1.807) is 0 Å². The quantitative estimate of drug-likeness (QED) is 0.624. The molecule has 0 aliphatic heterocycles. The number of hydrogen-bond acceptors (Lipinski definition) is 1. The number of benzene rings is 2. The van der Waals surface area contributed by atoms with Gasteiger partial charge in [0.05, 0.1) is 0 Å². The van der Waals surface area contributed by atoms with Crippen molar-refractivity contribution in [2.24, 2.45) is 0 Å². The van der Waals surface area contributed by atoms with Crippen LogP contribution < -0.4 is 4.57 Å². The maximum Gasteiger partial charge on any atom is 0.230 e. The van der Waals surface area contributed by atoms with E-state index >= 15 is 0 Å². The number of carbonyl (C=O) groups is 1. The summed E-state index contributed by atoms with van der Waals surface area (Å²) in [6, 6.07) is 18.4. The van der Waals surface area contributed by atoms with Gasteiger partial charge in [-0.05, 0) is 23.4 Å². The fourth-order valence-corrected chi connectivity index (χ4v) is 3.49. The van der Waals surface area contributed by atoms with Gasteiger partial charge >= 0.3 is 0 Å². The van der Waals surface area contributed by atoms with Crippen molar-refractivity contribution in [3.05, 3.63) is 77.6 Å². The Balaban J connectivity index is 1.83. The molecule has 4 rings (SSSR count). The van der Waals surface area contributed by atoms with E-state index in [0.717, 1.165) is 24.1 Å². The molecular formula is C20H18NO+. The van der Waals surface area contributed by atoms with Crippen LogP contribution >= 0.6 is 0 Å². The number of rotatable bonds is 1. The lowest BCUT2D eigenvalue weighted by Crippen LogP contribution is -2.48. The van der Waals surface area contributed by atoms with Gasteiger partial charge in [-0.3, -0.25) is 4.79 Å². The van der Waals surface area contributed by atoms with Crippen LogP contribution in [0.2, 0.25) is 0 Å². The summed E-state index contributed by atoms with van der Waals surface area (Å²) in [5, 5.41) is 2.40. The molecule has 0 radical (unpaired) electrons. The Morgan fingerprint density at radius 2 is 1.73 bits per heavy atom. The molecule has 1 aromatic heterocycles. The molecule has 1 atom stereocenters. The number of nitrogens with zero attached hydrogens (tertiary/aromatic N) is 1. The van der Waals surface area contributed by atoms with Gasteiger partial charge in [-0.15, -0.1) is 0 Å². The fraction of sp³-hybridized carbons (Fsp3) is 0.200. The molecule has 0 amide bonds. The van der Waals surface area contributed by atoms with Crippen LogP contribution in [-0.2, 0) is 6.42 Å². The average Bonchev–Trinajstić information content (AvgIpc) is 2.55. The number of ketones is 1. The lowest BCUT2D eigenvalue weighted by Gasteiger charge is -2.20.